The molecule has 2 heterocycles. The molecule has 3 rings (SSSR count). The fourth-order valence-electron chi connectivity index (χ4n) is 3.20. The number of aryl methyl sites for hydroxylation is 1. The van der Waals surface area contributed by atoms with Crippen LogP contribution in [0.15, 0.2) is 30.6 Å². The van der Waals surface area contributed by atoms with Gasteiger partial charge in [0.05, 0.1) is 0 Å². The number of hydrogen-bond donors (Lipinski definition) is 1. The molecule has 1 aliphatic rings. The van der Waals surface area contributed by atoms with E-state index >= 15 is 0 Å². The van der Waals surface area contributed by atoms with Crippen LogP contribution >= 0.6 is 0 Å². The molecule has 1 unspecified atom stereocenters. The Morgan fingerprint density at radius 1 is 1.36 bits per heavy atom. The van der Waals surface area contributed by atoms with Crippen molar-refractivity contribution < 1.29 is 9.59 Å². The van der Waals surface area contributed by atoms with E-state index in [2.05, 4.69) is 15.5 Å². The summed E-state index contributed by atoms with van der Waals surface area (Å²) in [6.45, 7) is 2.64. The number of nitrogens with zero attached hydrogens (tertiary/aromatic N) is 4. The van der Waals surface area contributed by atoms with Crippen molar-refractivity contribution >= 4 is 17.5 Å². The molecule has 132 valence electrons. The number of anilines is 1. The van der Waals surface area contributed by atoms with Gasteiger partial charge in [0.25, 0.3) is 0 Å². The minimum absolute atomic E-state index is 0.0629. The van der Waals surface area contributed by atoms with Crippen molar-refractivity contribution in [2.75, 3.05) is 11.9 Å². The van der Waals surface area contributed by atoms with Gasteiger partial charge in [0, 0.05) is 31.3 Å². The molecule has 1 saturated heterocycles. The van der Waals surface area contributed by atoms with Crippen molar-refractivity contribution in [3.05, 3.63) is 30.6 Å². The van der Waals surface area contributed by atoms with Crippen molar-refractivity contribution in [3.8, 4) is 11.4 Å². The molecule has 1 N–H and O–H groups in total. The van der Waals surface area contributed by atoms with Gasteiger partial charge in [-0.3, -0.25) is 9.59 Å². The second-order valence-corrected chi connectivity index (χ2v) is 6.33. The highest BCUT2D eigenvalue weighted by molar-refractivity contribution is 5.97. The molecule has 2 amide bonds. The number of carbonyl (C=O) groups excluding carboxylic acids is 2. The third-order valence-electron chi connectivity index (χ3n) is 4.44. The van der Waals surface area contributed by atoms with Crippen LogP contribution in [0.2, 0.25) is 0 Å². The molecule has 0 aliphatic carbocycles. The van der Waals surface area contributed by atoms with Gasteiger partial charge in [-0.05, 0) is 31.4 Å². The van der Waals surface area contributed by atoms with Crippen molar-refractivity contribution in [3.63, 3.8) is 0 Å². The van der Waals surface area contributed by atoms with Crippen LogP contribution in [0.1, 0.15) is 32.6 Å². The minimum Gasteiger partial charge on any atom is -0.331 e. The van der Waals surface area contributed by atoms with Gasteiger partial charge in [-0.2, -0.15) is 0 Å². The Morgan fingerprint density at radius 3 is 2.92 bits per heavy atom. The molecule has 0 spiro atoms. The van der Waals surface area contributed by atoms with Crippen molar-refractivity contribution in [1.29, 1.82) is 0 Å². The molecule has 7 heteroatoms. The summed E-state index contributed by atoms with van der Waals surface area (Å²) < 4.78 is 1.82. The van der Waals surface area contributed by atoms with E-state index in [1.807, 2.05) is 42.8 Å². The molecule has 0 radical (unpaired) electrons. The number of rotatable bonds is 5. The number of carbonyl (C=O) groups is 2. The second-order valence-electron chi connectivity index (χ2n) is 6.33. The van der Waals surface area contributed by atoms with E-state index in [0.29, 0.717) is 25.1 Å². The quantitative estimate of drug-likeness (QED) is 0.904. The predicted octanol–water partition coefficient (Wildman–Crippen LogP) is 2.21. The molecular formula is C18H23N5O2. The number of hydrogen-bond acceptors (Lipinski definition) is 4. The predicted molar refractivity (Wildman–Crippen MR) is 94.7 cm³/mol. The number of likely N-dealkylation sites (tertiary alicyclic amines) is 1. The van der Waals surface area contributed by atoms with E-state index in [9.17, 15) is 9.59 Å². The first kappa shape index (κ1) is 17.1. The lowest BCUT2D eigenvalue weighted by molar-refractivity contribution is -0.136. The fourth-order valence-corrected chi connectivity index (χ4v) is 3.20. The van der Waals surface area contributed by atoms with E-state index in [1.54, 1.807) is 11.2 Å². The third-order valence-corrected chi connectivity index (χ3v) is 4.44. The van der Waals surface area contributed by atoms with Gasteiger partial charge in [0.1, 0.15) is 12.4 Å². The van der Waals surface area contributed by atoms with Gasteiger partial charge in [-0.1, -0.05) is 19.1 Å². The summed E-state index contributed by atoms with van der Waals surface area (Å²) in [7, 11) is 1.87. The van der Waals surface area contributed by atoms with Crippen LogP contribution in [0, 0.1) is 0 Å². The fraction of sp³-hybridized carbons (Fsp3) is 0.444. The van der Waals surface area contributed by atoms with E-state index in [-0.39, 0.29) is 17.9 Å². The summed E-state index contributed by atoms with van der Waals surface area (Å²) in [6, 6.07) is 7.12. The number of nitrogens with one attached hydrogen (secondary N) is 1. The van der Waals surface area contributed by atoms with Crippen LogP contribution in [0.3, 0.4) is 0 Å². The lowest BCUT2D eigenvalue weighted by atomic mass is 10.1. The van der Waals surface area contributed by atoms with E-state index in [1.165, 1.54) is 0 Å². The Labute approximate surface area is 147 Å². The maximum Gasteiger partial charge on any atom is 0.247 e. The van der Waals surface area contributed by atoms with Gasteiger partial charge in [-0.25, -0.2) is 0 Å². The summed E-state index contributed by atoms with van der Waals surface area (Å²) in [6.07, 6.45) is 4.50. The SMILES string of the molecule is CCCC(=O)N1CCCC1C(=O)Nc1cccc(-c2nncn2C)c1. The van der Waals surface area contributed by atoms with Gasteiger partial charge in [0.15, 0.2) is 5.82 Å². The van der Waals surface area contributed by atoms with E-state index in [4.69, 9.17) is 0 Å². The maximum absolute atomic E-state index is 12.7. The number of amides is 2. The molecule has 1 atom stereocenters. The molecule has 0 bridgehead atoms. The molecule has 1 fully saturated rings. The average Bonchev–Trinajstić information content (AvgIpc) is 3.24. The van der Waals surface area contributed by atoms with E-state index < -0.39 is 0 Å². The van der Waals surface area contributed by atoms with Gasteiger partial charge >= 0.3 is 0 Å². The lowest BCUT2D eigenvalue weighted by Gasteiger charge is -2.24. The molecule has 0 saturated carbocycles. The number of aromatic nitrogens is 3. The molecular weight excluding hydrogens is 318 g/mol. The summed E-state index contributed by atoms with van der Waals surface area (Å²) in [5.74, 6) is 0.668. The van der Waals surface area contributed by atoms with Gasteiger partial charge in [-0.15, -0.1) is 10.2 Å². The smallest absolute Gasteiger partial charge is 0.247 e. The van der Waals surface area contributed by atoms with Crippen LogP contribution in [-0.4, -0.2) is 44.1 Å². The van der Waals surface area contributed by atoms with Crippen LogP contribution < -0.4 is 5.32 Å². The first-order chi connectivity index (χ1) is 12.1. The summed E-state index contributed by atoms with van der Waals surface area (Å²) in [5, 5.41) is 10.9. The Kier molecular flexibility index (Phi) is 5.11. The van der Waals surface area contributed by atoms with Gasteiger partial charge < -0.3 is 14.8 Å². The normalized spacial score (nSPS) is 16.9. The summed E-state index contributed by atoms with van der Waals surface area (Å²) >= 11 is 0. The zero-order valence-corrected chi connectivity index (χ0v) is 14.6. The van der Waals surface area contributed by atoms with Crippen LogP contribution in [-0.2, 0) is 16.6 Å². The molecule has 1 aromatic heterocycles. The molecule has 1 aliphatic heterocycles. The Morgan fingerprint density at radius 2 is 2.20 bits per heavy atom. The van der Waals surface area contributed by atoms with E-state index in [0.717, 1.165) is 24.2 Å². The molecule has 2 aromatic rings. The minimum atomic E-state index is -0.377. The highest BCUT2D eigenvalue weighted by Gasteiger charge is 2.33. The number of benzene rings is 1. The molecule has 1 aromatic carbocycles. The monoisotopic (exact) mass is 341 g/mol. The van der Waals surface area contributed by atoms with Crippen molar-refractivity contribution in [2.24, 2.45) is 7.05 Å². The standard InChI is InChI=1S/C18H23N5O2/c1-3-6-16(24)23-10-5-9-15(23)18(25)20-14-8-4-7-13(11-14)17-21-19-12-22(17)2/h4,7-8,11-12,15H,3,5-6,9-10H2,1-2H3,(H,20,25). The third kappa shape index (κ3) is 3.70. The first-order valence-corrected chi connectivity index (χ1v) is 8.65. The van der Waals surface area contributed by atoms with Crippen molar-refractivity contribution in [2.45, 2.75) is 38.6 Å². The van der Waals surface area contributed by atoms with Crippen LogP contribution in [0.4, 0.5) is 5.69 Å². The van der Waals surface area contributed by atoms with Crippen molar-refractivity contribution in [1.82, 2.24) is 19.7 Å². The molecule has 25 heavy (non-hydrogen) atoms. The largest absolute Gasteiger partial charge is 0.331 e. The summed E-state index contributed by atoms with van der Waals surface area (Å²) in [4.78, 5) is 26.6. The zero-order chi connectivity index (χ0) is 17.8. The second kappa shape index (κ2) is 7.46. The first-order valence-electron chi connectivity index (χ1n) is 8.65. The molecule has 7 nitrogen and oxygen atoms in total. The maximum atomic E-state index is 12.7. The van der Waals surface area contributed by atoms with Crippen LogP contribution in [0.25, 0.3) is 11.4 Å². The topological polar surface area (TPSA) is 80.1 Å². The Hall–Kier alpha value is -2.70. The van der Waals surface area contributed by atoms with Crippen LogP contribution in [0.5, 0.6) is 0 Å². The van der Waals surface area contributed by atoms with Gasteiger partial charge in [0.2, 0.25) is 11.8 Å². The summed E-state index contributed by atoms with van der Waals surface area (Å²) in [5.41, 5.74) is 1.57. The highest BCUT2D eigenvalue weighted by atomic mass is 16.2. The Balaban J connectivity index is 1.73. The Bertz CT molecular complexity index is 770. The average molecular weight is 341 g/mol. The lowest BCUT2D eigenvalue weighted by Crippen LogP contribution is -2.43. The highest BCUT2D eigenvalue weighted by Crippen LogP contribution is 2.23. The zero-order valence-electron chi connectivity index (χ0n) is 14.6.